The van der Waals surface area contributed by atoms with E-state index in [-0.39, 0.29) is 5.97 Å². The summed E-state index contributed by atoms with van der Waals surface area (Å²) >= 11 is 0. The van der Waals surface area contributed by atoms with Gasteiger partial charge in [0, 0.05) is 6.08 Å². The van der Waals surface area contributed by atoms with Gasteiger partial charge in [0.1, 0.15) is 11.5 Å². The predicted octanol–water partition coefficient (Wildman–Crippen LogP) is 6.35. The first-order chi connectivity index (χ1) is 13.2. The Morgan fingerprint density at radius 3 is 2.07 bits per heavy atom. The number of carbonyl (C=O) groups excluding carboxylic acids is 1. The molecule has 142 valence electrons. The zero-order valence-corrected chi connectivity index (χ0v) is 16.2. The third kappa shape index (κ3) is 7.53. The van der Waals surface area contributed by atoms with Crippen molar-refractivity contribution in [2.24, 2.45) is 0 Å². The van der Waals surface area contributed by atoms with Crippen molar-refractivity contribution in [1.29, 1.82) is 0 Å². The van der Waals surface area contributed by atoms with E-state index < -0.39 is 0 Å². The van der Waals surface area contributed by atoms with Crippen molar-refractivity contribution in [2.45, 2.75) is 39.5 Å². The minimum atomic E-state index is -0.388. The van der Waals surface area contributed by atoms with Crippen LogP contribution in [0.2, 0.25) is 0 Å². The first-order valence-corrected chi connectivity index (χ1v) is 9.57. The van der Waals surface area contributed by atoms with Gasteiger partial charge < -0.3 is 9.47 Å². The Labute approximate surface area is 162 Å². The lowest BCUT2D eigenvalue weighted by molar-refractivity contribution is -0.128. The van der Waals surface area contributed by atoms with Gasteiger partial charge in [-0.15, -0.1) is 0 Å². The first-order valence-electron chi connectivity index (χ1n) is 9.57. The Kier molecular flexibility index (Phi) is 8.91. The van der Waals surface area contributed by atoms with Crippen LogP contribution in [0.3, 0.4) is 0 Å². The standard InChI is InChI=1S/C24H28O3/c1-3-5-7-9-19-26-22-15-11-20(12-16-22)21-13-17-23(18-14-21)27-24(25)10-8-6-4-2/h4,6,8,10-18H,3,5,7,9,19H2,1-2H3/b6-4+,10-8+. The molecule has 0 heterocycles. The SMILES string of the molecule is C/C=C/C=C/C(=O)Oc1ccc(-c2ccc(OCCCCCC)cc2)cc1. The first kappa shape index (κ1) is 20.5. The van der Waals surface area contributed by atoms with Crippen LogP contribution in [-0.4, -0.2) is 12.6 Å². The summed E-state index contributed by atoms with van der Waals surface area (Å²) < 4.78 is 11.0. The lowest BCUT2D eigenvalue weighted by atomic mass is 10.1. The Morgan fingerprint density at radius 2 is 1.48 bits per heavy atom. The molecule has 0 saturated carbocycles. The van der Waals surface area contributed by atoms with Crippen molar-refractivity contribution >= 4 is 5.97 Å². The maximum absolute atomic E-state index is 11.7. The second-order valence-electron chi connectivity index (χ2n) is 6.26. The number of hydrogen-bond donors (Lipinski definition) is 0. The van der Waals surface area contributed by atoms with E-state index in [1.54, 1.807) is 24.3 Å². The highest BCUT2D eigenvalue weighted by Crippen LogP contribution is 2.25. The fraction of sp³-hybridized carbons (Fsp3) is 0.292. The molecule has 0 aromatic heterocycles. The van der Waals surface area contributed by atoms with Crippen molar-refractivity contribution in [2.75, 3.05) is 6.61 Å². The maximum Gasteiger partial charge on any atom is 0.336 e. The average Bonchev–Trinajstić information content (AvgIpc) is 2.69. The number of carbonyl (C=O) groups is 1. The van der Waals surface area contributed by atoms with E-state index in [1.807, 2.05) is 49.4 Å². The summed E-state index contributed by atoms with van der Waals surface area (Å²) in [5.74, 6) is 1.04. The number of unbranched alkanes of at least 4 members (excludes halogenated alkanes) is 3. The van der Waals surface area contributed by atoms with Gasteiger partial charge in [0.15, 0.2) is 0 Å². The van der Waals surface area contributed by atoms with Crippen LogP contribution in [0, 0.1) is 0 Å². The van der Waals surface area contributed by atoms with Crippen molar-refractivity contribution in [3.63, 3.8) is 0 Å². The zero-order chi connectivity index (χ0) is 19.3. The molecule has 0 aliphatic carbocycles. The van der Waals surface area contributed by atoms with Gasteiger partial charge in [-0.3, -0.25) is 0 Å². The molecule has 3 heteroatoms. The van der Waals surface area contributed by atoms with E-state index in [2.05, 4.69) is 6.92 Å². The van der Waals surface area contributed by atoms with Crippen LogP contribution < -0.4 is 9.47 Å². The molecule has 2 rings (SSSR count). The van der Waals surface area contributed by atoms with Gasteiger partial charge in [-0.1, -0.05) is 68.7 Å². The molecule has 27 heavy (non-hydrogen) atoms. The largest absolute Gasteiger partial charge is 0.494 e. The summed E-state index contributed by atoms with van der Waals surface area (Å²) in [5, 5.41) is 0. The van der Waals surface area contributed by atoms with Gasteiger partial charge in [0.05, 0.1) is 6.61 Å². The molecule has 0 aliphatic heterocycles. The van der Waals surface area contributed by atoms with Gasteiger partial charge in [-0.2, -0.15) is 0 Å². The molecule has 0 amide bonds. The number of allylic oxidation sites excluding steroid dienone is 3. The summed E-state index contributed by atoms with van der Waals surface area (Å²) in [6.07, 6.45) is 11.5. The Bertz CT molecular complexity index is 740. The molecule has 2 aromatic carbocycles. The van der Waals surface area contributed by atoms with Gasteiger partial charge >= 0.3 is 5.97 Å². The molecule has 0 spiro atoms. The van der Waals surface area contributed by atoms with Crippen molar-refractivity contribution in [3.8, 4) is 22.6 Å². The van der Waals surface area contributed by atoms with Crippen molar-refractivity contribution < 1.29 is 14.3 Å². The van der Waals surface area contributed by atoms with Crippen LogP contribution in [0.15, 0.2) is 72.8 Å². The van der Waals surface area contributed by atoms with E-state index in [0.717, 1.165) is 29.9 Å². The second-order valence-corrected chi connectivity index (χ2v) is 6.26. The molecule has 0 fully saturated rings. The molecule has 0 unspecified atom stereocenters. The fourth-order valence-corrected chi connectivity index (χ4v) is 2.57. The molecule has 0 radical (unpaired) electrons. The Morgan fingerprint density at radius 1 is 0.852 bits per heavy atom. The van der Waals surface area contributed by atoms with Crippen LogP contribution in [0.4, 0.5) is 0 Å². The molecule has 0 N–H and O–H groups in total. The summed E-state index contributed by atoms with van der Waals surface area (Å²) in [5.41, 5.74) is 2.16. The molecule has 3 nitrogen and oxygen atoms in total. The van der Waals surface area contributed by atoms with Gasteiger partial charge in [0.25, 0.3) is 0 Å². The molecule has 0 saturated heterocycles. The minimum Gasteiger partial charge on any atom is -0.494 e. The topological polar surface area (TPSA) is 35.5 Å². The van der Waals surface area contributed by atoms with E-state index in [1.165, 1.54) is 25.3 Å². The molecule has 0 atom stereocenters. The normalized spacial score (nSPS) is 11.2. The fourth-order valence-electron chi connectivity index (χ4n) is 2.57. The molecule has 0 aliphatic rings. The maximum atomic E-state index is 11.7. The van der Waals surface area contributed by atoms with E-state index in [9.17, 15) is 4.79 Å². The number of benzene rings is 2. The van der Waals surface area contributed by atoms with Crippen LogP contribution in [0.1, 0.15) is 39.5 Å². The lowest BCUT2D eigenvalue weighted by Crippen LogP contribution is -2.03. The molecule has 2 aromatic rings. The predicted molar refractivity (Wildman–Crippen MR) is 111 cm³/mol. The van der Waals surface area contributed by atoms with Crippen LogP contribution in [-0.2, 0) is 4.79 Å². The summed E-state index contributed by atoms with van der Waals surface area (Å²) in [6.45, 7) is 4.86. The molecular weight excluding hydrogens is 336 g/mol. The number of hydrogen-bond acceptors (Lipinski definition) is 3. The van der Waals surface area contributed by atoms with Crippen molar-refractivity contribution in [3.05, 3.63) is 72.8 Å². The number of esters is 1. The highest BCUT2D eigenvalue weighted by Gasteiger charge is 2.03. The summed E-state index contributed by atoms with van der Waals surface area (Å²) in [6, 6.07) is 15.6. The highest BCUT2D eigenvalue weighted by atomic mass is 16.5. The third-order valence-corrected chi connectivity index (χ3v) is 4.06. The van der Waals surface area contributed by atoms with Crippen LogP contribution >= 0.6 is 0 Å². The third-order valence-electron chi connectivity index (χ3n) is 4.06. The average molecular weight is 364 g/mol. The zero-order valence-electron chi connectivity index (χ0n) is 16.2. The van der Waals surface area contributed by atoms with E-state index >= 15 is 0 Å². The van der Waals surface area contributed by atoms with Gasteiger partial charge in [-0.05, 0) is 48.7 Å². The molecular formula is C24H28O3. The minimum absolute atomic E-state index is 0.388. The van der Waals surface area contributed by atoms with E-state index in [0.29, 0.717) is 5.75 Å². The lowest BCUT2D eigenvalue weighted by Gasteiger charge is -2.08. The smallest absolute Gasteiger partial charge is 0.336 e. The summed E-state index contributed by atoms with van der Waals surface area (Å²) in [7, 11) is 0. The Hall–Kier alpha value is -2.81. The van der Waals surface area contributed by atoms with Gasteiger partial charge in [-0.25, -0.2) is 4.79 Å². The number of rotatable bonds is 10. The molecule has 0 bridgehead atoms. The Balaban J connectivity index is 1.88. The monoisotopic (exact) mass is 364 g/mol. The highest BCUT2D eigenvalue weighted by molar-refractivity contribution is 5.84. The second kappa shape index (κ2) is 11.7. The summed E-state index contributed by atoms with van der Waals surface area (Å²) in [4.78, 5) is 11.7. The van der Waals surface area contributed by atoms with Crippen LogP contribution in [0.5, 0.6) is 11.5 Å². The van der Waals surface area contributed by atoms with Gasteiger partial charge in [0.2, 0.25) is 0 Å². The van der Waals surface area contributed by atoms with Crippen molar-refractivity contribution in [1.82, 2.24) is 0 Å². The van der Waals surface area contributed by atoms with Crippen LogP contribution in [0.25, 0.3) is 11.1 Å². The number of ether oxygens (including phenoxy) is 2. The quantitative estimate of drug-likeness (QED) is 0.162. The van der Waals surface area contributed by atoms with E-state index in [4.69, 9.17) is 9.47 Å².